The van der Waals surface area contributed by atoms with Crippen LogP contribution in [0.25, 0.3) is 0 Å². The molecule has 0 fully saturated rings. The van der Waals surface area contributed by atoms with Crippen LogP contribution in [0.5, 0.6) is 0 Å². The number of rotatable bonds is 6. The molecule has 4 nitrogen and oxygen atoms in total. The molecule has 88 valence electrons. The first-order chi connectivity index (χ1) is 7.70. The SMILES string of the molecule is C=CCCNc1cnn(CCC)c(=O)c1Br. The average molecular weight is 286 g/mol. The van der Waals surface area contributed by atoms with Crippen LogP contribution in [-0.2, 0) is 6.54 Å². The van der Waals surface area contributed by atoms with Gasteiger partial charge in [-0.3, -0.25) is 4.79 Å². The molecule has 0 aliphatic rings. The van der Waals surface area contributed by atoms with Gasteiger partial charge in [0.1, 0.15) is 4.47 Å². The molecule has 0 bridgehead atoms. The smallest absolute Gasteiger partial charge is 0.283 e. The highest BCUT2D eigenvalue weighted by Gasteiger charge is 2.07. The lowest BCUT2D eigenvalue weighted by molar-refractivity contribution is 0.566. The van der Waals surface area contributed by atoms with E-state index in [1.807, 2.05) is 13.0 Å². The third-order valence-corrected chi connectivity index (χ3v) is 2.85. The summed E-state index contributed by atoms with van der Waals surface area (Å²) in [7, 11) is 0. The highest BCUT2D eigenvalue weighted by molar-refractivity contribution is 9.10. The Morgan fingerprint density at radius 3 is 3.06 bits per heavy atom. The van der Waals surface area contributed by atoms with Gasteiger partial charge in [0.2, 0.25) is 0 Å². The summed E-state index contributed by atoms with van der Waals surface area (Å²) in [5.41, 5.74) is 0.643. The monoisotopic (exact) mass is 285 g/mol. The highest BCUT2D eigenvalue weighted by atomic mass is 79.9. The normalized spacial score (nSPS) is 10.1. The van der Waals surface area contributed by atoms with Crippen LogP contribution in [-0.4, -0.2) is 16.3 Å². The fourth-order valence-corrected chi connectivity index (χ4v) is 1.72. The summed E-state index contributed by atoms with van der Waals surface area (Å²) in [5.74, 6) is 0. The summed E-state index contributed by atoms with van der Waals surface area (Å²) in [6.45, 7) is 7.04. The predicted molar refractivity (Wildman–Crippen MR) is 69.8 cm³/mol. The molecule has 1 aromatic rings. The van der Waals surface area contributed by atoms with Crippen LogP contribution in [0.3, 0.4) is 0 Å². The van der Waals surface area contributed by atoms with E-state index in [1.54, 1.807) is 6.20 Å². The number of hydrogen-bond acceptors (Lipinski definition) is 3. The second-order valence-electron chi connectivity index (χ2n) is 3.40. The van der Waals surface area contributed by atoms with E-state index in [-0.39, 0.29) is 5.56 Å². The first-order valence-electron chi connectivity index (χ1n) is 5.31. The van der Waals surface area contributed by atoms with E-state index < -0.39 is 0 Å². The number of anilines is 1. The molecule has 0 spiro atoms. The molecule has 0 saturated heterocycles. The minimum absolute atomic E-state index is 0.0922. The third kappa shape index (κ3) is 3.20. The van der Waals surface area contributed by atoms with Crippen LogP contribution in [0.4, 0.5) is 5.69 Å². The van der Waals surface area contributed by atoms with E-state index in [0.717, 1.165) is 25.1 Å². The lowest BCUT2D eigenvalue weighted by Crippen LogP contribution is -2.24. The van der Waals surface area contributed by atoms with Crippen molar-refractivity contribution in [3.8, 4) is 0 Å². The predicted octanol–water partition coefficient (Wildman–Crippen LogP) is 2.40. The minimum atomic E-state index is -0.0922. The molecule has 0 unspecified atom stereocenters. The lowest BCUT2D eigenvalue weighted by Gasteiger charge is -2.08. The second-order valence-corrected chi connectivity index (χ2v) is 4.20. The topological polar surface area (TPSA) is 46.9 Å². The summed E-state index contributed by atoms with van der Waals surface area (Å²) in [6.07, 6.45) is 5.24. The number of aromatic nitrogens is 2. The van der Waals surface area contributed by atoms with Crippen LogP contribution >= 0.6 is 15.9 Å². The summed E-state index contributed by atoms with van der Waals surface area (Å²) in [4.78, 5) is 11.8. The van der Waals surface area contributed by atoms with Gasteiger partial charge in [-0.1, -0.05) is 13.0 Å². The zero-order valence-electron chi connectivity index (χ0n) is 9.37. The Kier molecular flexibility index (Phi) is 5.25. The summed E-state index contributed by atoms with van der Waals surface area (Å²) >= 11 is 3.29. The Balaban J connectivity index is 2.84. The molecule has 16 heavy (non-hydrogen) atoms. The molecule has 0 amide bonds. The van der Waals surface area contributed by atoms with Crippen molar-refractivity contribution in [3.63, 3.8) is 0 Å². The molecule has 0 aliphatic heterocycles. The maximum atomic E-state index is 11.8. The molecule has 1 N–H and O–H groups in total. The van der Waals surface area contributed by atoms with Gasteiger partial charge in [0.25, 0.3) is 5.56 Å². The van der Waals surface area contributed by atoms with E-state index in [4.69, 9.17) is 0 Å². The first kappa shape index (κ1) is 13.0. The van der Waals surface area contributed by atoms with Gasteiger partial charge in [0.05, 0.1) is 11.9 Å². The Labute approximate surface area is 103 Å². The molecule has 1 heterocycles. The number of aryl methyl sites for hydroxylation is 1. The van der Waals surface area contributed by atoms with Gasteiger partial charge < -0.3 is 5.32 Å². The van der Waals surface area contributed by atoms with Crippen LogP contribution in [0.2, 0.25) is 0 Å². The highest BCUT2D eigenvalue weighted by Crippen LogP contribution is 2.15. The van der Waals surface area contributed by atoms with E-state index in [0.29, 0.717) is 11.0 Å². The van der Waals surface area contributed by atoms with Crippen molar-refractivity contribution in [1.29, 1.82) is 0 Å². The lowest BCUT2D eigenvalue weighted by atomic mass is 10.4. The zero-order chi connectivity index (χ0) is 12.0. The van der Waals surface area contributed by atoms with Crippen molar-refractivity contribution in [2.45, 2.75) is 26.3 Å². The van der Waals surface area contributed by atoms with Gasteiger partial charge in [0, 0.05) is 13.1 Å². The Bertz CT molecular complexity index is 414. The average Bonchev–Trinajstić information content (AvgIpc) is 2.28. The maximum Gasteiger partial charge on any atom is 0.283 e. The first-order valence-corrected chi connectivity index (χ1v) is 6.10. The van der Waals surface area contributed by atoms with Crippen LogP contribution < -0.4 is 10.9 Å². The molecule has 0 radical (unpaired) electrons. The second kappa shape index (κ2) is 6.48. The van der Waals surface area contributed by atoms with Crippen molar-refractivity contribution < 1.29 is 0 Å². The Hall–Kier alpha value is -1.10. The summed E-state index contributed by atoms with van der Waals surface area (Å²) < 4.78 is 2.00. The maximum absolute atomic E-state index is 11.8. The number of nitrogens with zero attached hydrogens (tertiary/aromatic N) is 2. The molecule has 1 aromatic heterocycles. The van der Waals surface area contributed by atoms with E-state index >= 15 is 0 Å². The van der Waals surface area contributed by atoms with E-state index in [9.17, 15) is 4.79 Å². The van der Waals surface area contributed by atoms with E-state index in [2.05, 4.69) is 32.9 Å². The van der Waals surface area contributed by atoms with Gasteiger partial charge in [-0.15, -0.1) is 6.58 Å². The molecular formula is C11H16BrN3O. The number of halogens is 1. The van der Waals surface area contributed by atoms with Gasteiger partial charge >= 0.3 is 0 Å². The Morgan fingerprint density at radius 2 is 2.44 bits per heavy atom. The van der Waals surface area contributed by atoms with Crippen LogP contribution in [0, 0.1) is 0 Å². The molecule has 1 rings (SSSR count). The molecule has 0 atom stereocenters. The van der Waals surface area contributed by atoms with Crippen molar-refractivity contribution in [2.75, 3.05) is 11.9 Å². The standard InChI is InChI=1S/C11H16BrN3O/c1-3-5-6-13-9-8-14-15(7-4-2)11(16)10(9)12/h3,8,13H,1,4-7H2,2H3. The molecule has 0 aromatic carbocycles. The number of nitrogens with one attached hydrogen (secondary N) is 1. The minimum Gasteiger partial charge on any atom is -0.382 e. The Morgan fingerprint density at radius 1 is 1.69 bits per heavy atom. The van der Waals surface area contributed by atoms with Crippen molar-refractivity contribution >= 4 is 21.6 Å². The van der Waals surface area contributed by atoms with Crippen LogP contribution in [0.15, 0.2) is 28.1 Å². The molecule has 0 aliphatic carbocycles. The van der Waals surface area contributed by atoms with Gasteiger partial charge in [0.15, 0.2) is 0 Å². The fourth-order valence-electron chi connectivity index (χ4n) is 1.27. The molecule has 0 saturated carbocycles. The van der Waals surface area contributed by atoms with Crippen LogP contribution in [0.1, 0.15) is 19.8 Å². The van der Waals surface area contributed by atoms with Gasteiger partial charge in [-0.2, -0.15) is 5.10 Å². The molecule has 5 heteroatoms. The third-order valence-electron chi connectivity index (χ3n) is 2.08. The summed E-state index contributed by atoms with van der Waals surface area (Å²) in [5, 5.41) is 7.22. The fraction of sp³-hybridized carbons (Fsp3) is 0.455. The number of hydrogen-bond donors (Lipinski definition) is 1. The van der Waals surface area contributed by atoms with Gasteiger partial charge in [-0.05, 0) is 28.8 Å². The van der Waals surface area contributed by atoms with E-state index in [1.165, 1.54) is 4.68 Å². The summed E-state index contributed by atoms with van der Waals surface area (Å²) in [6, 6.07) is 0. The van der Waals surface area contributed by atoms with Crippen molar-refractivity contribution in [2.24, 2.45) is 0 Å². The quantitative estimate of drug-likeness (QED) is 0.645. The van der Waals surface area contributed by atoms with Gasteiger partial charge in [-0.25, -0.2) is 4.68 Å². The molecular weight excluding hydrogens is 270 g/mol. The zero-order valence-corrected chi connectivity index (χ0v) is 11.0. The van der Waals surface area contributed by atoms with Crippen molar-refractivity contribution in [3.05, 3.63) is 33.7 Å². The van der Waals surface area contributed by atoms with Crippen molar-refractivity contribution in [1.82, 2.24) is 9.78 Å². The largest absolute Gasteiger partial charge is 0.382 e.